The summed E-state index contributed by atoms with van der Waals surface area (Å²) in [6.07, 6.45) is 1.72. The second-order valence-corrected chi connectivity index (χ2v) is 12.6. The third kappa shape index (κ3) is 6.16. The number of amides is 1. The third-order valence-electron chi connectivity index (χ3n) is 6.72. The summed E-state index contributed by atoms with van der Waals surface area (Å²) in [6, 6.07) is 9.35. The van der Waals surface area contributed by atoms with Crippen molar-refractivity contribution in [1.82, 2.24) is 9.88 Å². The number of carboxylic acid groups (broad SMARTS) is 1. The zero-order valence-corrected chi connectivity index (χ0v) is 22.3. The number of carbonyl (C=O) groups is 2. The Labute approximate surface area is 216 Å². The van der Waals surface area contributed by atoms with Crippen LogP contribution in [0, 0.1) is 5.41 Å². The minimum atomic E-state index is -3.44. The van der Waals surface area contributed by atoms with Crippen LogP contribution in [0.3, 0.4) is 0 Å². The lowest BCUT2D eigenvalue weighted by atomic mass is 9.67. The summed E-state index contributed by atoms with van der Waals surface area (Å²) in [4.78, 5) is 31.9. The summed E-state index contributed by atoms with van der Waals surface area (Å²) in [7, 11) is -3.44. The Bertz CT molecular complexity index is 1190. The summed E-state index contributed by atoms with van der Waals surface area (Å²) in [5, 5.41) is 10.6. The van der Waals surface area contributed by atoms with Gasteiger partial charge < -0.3 is 10.0 Å². The van der Waals surface area contributed by atoms with E-state index < -0.39 is 39.2 Å². The minimum Gasteiger partial charge on any atom is -0.481 e. The van der Waals surface area contributed by atoms with Gasteiger partial charge in [0.25, 0.3) is 0 Å². The van der Waals surface area contributed by atoms with E-state index in [1.54, 1.807) is 49.1 Å². The summed E-state index contributed by atoms with van der Waals surface area (Å²) in [5.41, 5.74) is 0.129. The van der Waals surface area contributed by atoms with Gasteiger partial charge in [-0.25, -0.2) is 8.42 Å². The van der Waals surface area contributed by atoms with Crippen LogP contribution in [-0.2, 0) is 19.4 Å². The zero-order valence-electron chi connectivity index (χ0n) is 19.9. The molecule has 1 aromatic carbocycles. The molecule has 2 aromatic rings. The van der Waals surface area contributed by atoms with Gasteiger partial charge in [-0.15, -0.1) is 0 Å². The first-order valence-electron chi connectivity index (χ1n) is 11.5. The van der Waals surface area contributed by atoms with Gasteiger partial charge in [0.1, 0.15) is 0 Å². The highest BCUT2D eigenvalue weighted by atomic mass is 35.5. The number of aliphatic carboxylic acids is 1. The summed E-state index contributed by atoms with van der Waals surface area (Å²) in [5.74, 6) is -2.13. The Hall–Kier alpha value is -2.16. The lowest BCUT2D eigenvalue weighted by Crippen LogP contribution is -2.57. The van der Waals surface area contributed by atoms with E-state index in [4.69, 9.17) is 23.2 Å². The van der Waals surface area contributed by atoms with Crippen LogP contribution in [0.5, 0.6) is 0 Å². The number of hydrogen-bond donors (Lipinski definition) is 1. The molecule has 1 amide bonds. The minimum absolute atomic E-state index is 0.0560. The van der Waals surface area contributed by atoms with Crippen LogP contribution in [0.4, 0.5) is 0 Å². The fourth-order valence-electron chi connectivity index (χ4n) is 4.94. The van der Waals surface area contributed by atoms with Crippen LogP contribution in [0.15, 0.2) is 42.6 Å². The molecular weight excluding hydrogens is 511 g/mol. The number of piperidine rings is 1. The van der Waals surface area contributed by atoms with Gasteiger partial charge in [-0.05, 0) is 42.7 Å². The average Bonchev–Trinajstić information content (AvgIpc) is 2.79. The number of carboxylic acids is 1. The standard InChI is InChI=1S/C25H30Cl2N2O5S/c1-4-19(15-35(33,34)5-2)29-23(21-10-9-18(27)14-28-21)20(16-7-6-8-17(26)11-16)12-25(3,24(29)32)13-22(30)31/h6-11,14,19-20,23H,4-5,12-13,15H2,1-3H3,(H,30,31). The van der Waals surface area contributed by atoms with Gasteiger partial charge in [0.05, 0.1) is 34.3 Å². The molecule has 0 radical (unpaired) electrons. The Morgan fingerprint density at radius 2 is 1.94 bits per heavy atom. The van der Waals surface area contributed by atoms with Crippen molar-refractivity contribution in [3.8, 4) is 0 Å². The van der Waals surface area contributed by atoms with E-state index in [9.17, 15) is 23.1 Å². The molecule has 4 atom stereocenters. The number of carbonyl (C=O) groups excluding carboxylic acids is 1. The van der Waals surface area contributed by atoms with Crippen LogP contribution in [-0.4, -0.2) is 52.8 Å². The molecule has 0 bridgehead atoms. The molecule has 1 fully saturated rings. The average molecular weight is 541 g/mol. The third-order valence-corrected chi connectivity index (χ3v) is 8.96. The molecule has 7 nitrogen and oxygen atoms in total. The van der Waals surface area contributed by atoms with Crippen molar-refractivity contribution in [3.05, 3.63) is 63.9 Å². The maximum Gasteiger partial charge on any atom is 0.304 e. The van der Waals surface area contributed by atoms with Crippen molar-refractivity contribution in [2.24, 2.45) is 5.41 Å². The van der Waals surface area contributed by atoms with Gasteiger partial charge in [0, 0.05) is 28.9 Å². The van der Waals surface area contributed by atoms with Crippen LogP contribution >= 0.6 is 23.2 Å². The van der Waals surface area contributed by atoms with Gasteiger partial charge in [-0.1, -0.05) is 56.1 Å². The van der Waals surface area contributed by atoms with E-state index >= 15 is 0 Å². The molecule has 10 heteroatoms. The van der Waals surface area contributed by atoms with E-state index in [0.29, 0.717) is 22.2 Å². The Balaban J connectivity index is 2.26. The molecule has 0 spiro atoms. The van der Waals surface area contributed by atoms with E-state index in [1.807, 2.05) is 13.0 Å². The predicted octanol–water partition coefficient (Wildman–Crippen LogP) is 5.14. The molecule has 1 N–H and O–H groups in total. The second kappa shape index (κ2) is 10.8. The second-order valence-electron chi connectivity index (χ2n) is 9.32. The lowest BCUT2D eigenvalue weighted by molar-refractivity contribution is -0.160. The molecule has 1 aliphatic rings. The number of likely N-dealkylation sites (tertiary alicyclic amines) is 1. The Kier molecular flexibility index (Phi) is 8.50. The summed E-state index contributed by atoms with van der Waals surface area (Å²) in [6.45, 7) is 5.04. The predicted molar refractivity (Wildman–Crippen MR) is 136 cm³/mol. The first kappa shape index (κ1) is 27.4. The monoisotopic (exact) mass is 540 g/mol. The molecule has 0 aliphatic carbocycles. The number of sulfone groups is 1. The molecule has 190 valence electrons. The number of benzene rings is 1. The van der Waals surface area contributed by atoms with E-state index in [2.05, 4.69) is 4.98 Å². The highest BCUT2D eigenvalue weighted by molar-refractivity contribution is 7.91. The largest absolute Gasteiger partial charge is 0.481 e. The van der Waals surface area contributed by atoms with Crippen LogP contribution in [0.1, 0.15) is 63.3 Å². The van der Waals surface area contributed by atoms with Gasteiger partial charge >= 0.3 is 5.97 Å². The van der Waals surface area contributed by atoms with E-state index in [1.165, 1.54) is 6.20 Å². The van der Waals surface area contributed by atoms with Crippen molar-refractivity contribution in [1.29, 1.82) is 0 Å². The fraction of sp³-hybridized carbons (Fsp3) is 0.480. The number of rotatable bonds is 9. The van der Waals surface area contributed by atoms with Crippen molar-refractivity contribution in [3.63, 3.8) is 0 Å². The number of hydrogen-bond acceptors (Lipinski definition) is 5. The molecule has 0 saturated carbocycles. The quantitative estimate of drug-likeness (QED) is 0.472. The first-order valence-corrected chi connectivity index (χ1v) is 14.1. The highest BCUT2D eigenvalue weighted by Crippen LogP contribution is 2.51. The van der Waals surface area contributed by atoms with E-state index in [0.717, 1.165) is 5.56 Å². The molecule has 4 unspecified atom stereocenters. The van der Waals surface area contributed by atoms with Crippen LogP contribution in [0.25, 0.3) is 0 Å². The number of nitrogens with zero attached hydrogens (tertiary/aromatic N) is 2. The Morgan fingerprint density at radius 3 is 2.49 bits per heavy atom. The molecule has 35 heavy (non-hydrogen) atoms. The first-order chi connectivity index (χ1) is 16.4. The van der Waals surface area contributed by atoms with Crippen molar-refractivity contribution in [2.75, 3.05) is 11.5 Å². The summed E-state index contributed by atoms with van der Waals surface area (Å²) >= 11 is 12.4. The molecule has 2 heterocycles. The summed E-state index contributed by atoms with van der Waals surface area (Å²) < 4.78 is 25.3. The number of aromatic nitrogens is 1. The molecule has 3 rings (SSSR count). The highest BCUT2D eigenvalue weighted by Gasteiger charge is 2.53. The van der Waals surface area contributed by atoms with Gasteiger partial charge in [-0.2, -0.15) is 0 Å². The Morgan fingerprint density at radius 1 is 1.23 bits per heavy atom. The van der Waals surface area contributed by atoms with E-state index in [-0.39, 0.29) is 30.3 Å². The van der Waals surface area contributed by atoms with Crippen LogP contribution in [0.2, 0.25) is 10.0 Å². The van der Waals surface area contributed by atoms with Gasteiger partial charge in [0.15, 0.2) is 9.84 Å². The van der Waals surface area contributed by atoms with Gasteiger partial charge in [-0.3, -0.25) is 14.6 Å². The smallest absolute Gasteiger partial charge is 0.304 e. The lowest BCUT2D eigenvalue weighted by Gasteiger charge is -2.51. The normalized spacial score (nSPS) is 23.8. The molecule has 1 aliphatic heterocycles. The van der Waals surface area contributed by atoms with Crippen molar-refractivity contribution < 1.29 is 23.1 Å². The maximum absolute atomic E-state index is 14.0. The van der Waals surface area contributed by atoms with Crippen molar-refractivity contribution in [2.45, 2.75) is 58.0 Å². The number of halogens is 2. The van der Waals surface area contributed by atoms with Gasteiger partial charge in [0.2, 0.25) is 5.91 Å². The fourth-order valence-corrected chi connectivity index (χ4v) is 6.47. The molecule has 1 saturated heterocycles. The maximum atomic E-state index is 14.0. The zero-order chi connectivity index (χ0) is 26.0. The van der Waals surface area contributed by atoms with Crippen LogP contribution < -0.4 is 0 Å². The topological polar surface area (TPSA) is 105 Å². The molecular formula is C25H30Cl2N2O5S. The molecule has 1 aromatic heterocycles. The SMILES string of the molecule is CCC(CS(=O)(=O)CC)N1C(=O)C(C)(CC(=O)O)CC(c2cccc(Cl)c2)C1c1ccc(Cl)cn1. The van der Waals surface area contributed by atoms with Crippen molar-refractivity contribution >= 4 is 44.9 Å². The number of pyridine rings is 1.